The summed E-state index contributed by atoms with van der Waals surface area (Å²) in [5.41, 5.74) is 5.13. The minimum atomic E-state index is -0.932. The number of nitrogens with one attached hydrogen (secondary N) is 2. The van der Waals surface area contributed by atoms with Crippen LogP contribution in [0.25, 0.3) is 11.1 Å². The summed E-state index contributed by atoms with van der Waals surface area (Å²) >= 11 is 0. The minimum Gasteiger partial charge on any atom is -0.481 e. The number of carboxylic acids is 1. The highest BCUT2D eigenvalue weighted by atomic mass is 16.5. The maximum atomic E-state index is 13.0. The molecule has 3 N–H and O–H groups in total. The summed E-state index contributed by atoms with van der Waals surface area (Å²) in [6.45, 7) is 0.385. The van der Waals surface area contributed by atoms with Crippen LogP contribution in [0.3, 0.4) is 0 Å². The molecule has 0 radical (unpaired) electrons. The van der Waals surface area contributed by atoms with Gasteiger partial charge in [-0.25, -0.2) is 9.78 Å². The number of ether oxygens (including phenoxy) is 1. The van der Waals surface area contributed by atoms with Gasteiger partial charge >= 0.3 is 12.1 Å². The molecule has 0 spiro atoms. The van der Waals surface area contributed by atoms with Crippen LogP contribution in [0.2, 0.25) is 0 Å². The summed E-state index contributed by atoms with van der Waals surface area (Å²) in [5.74, 6) is -1.95. The number of amides is 2. The minimum absolute atomic E-state index is 0.0911. The lowest BCUT2D eigenvalue weighted by Gasteiger charge is -2.38. The van der Waals surface area contributed by atoms with Gasteiger partial charge in [0.2, 0.25) is 5.91 Å². The van der Waals surface area contributed by atoms with Crippen molar-refractivity contribution in [3.05, 3.63) is 77.9 Å². The molecule has 9 heteroatoms. The van der Waals surface area contributed by atoms with E-state index in [1.54, 1.807) is 6.20 Å². The van der Waals surface area contributed by atoms with E-state index in [1.165, 1.54) is 11.2 Å². The molecule has 1 fully saturated rings. The van der Waals surface area contributed by atoms with Crippen LogP contribution in [-0.4, -0.2) is 63.7 Å². The number of nitrogens with zero attached hydrogens (tertiary/aromatic N) is 2. The van der Waals surface area contributed by atoms with E-state index in [2.05, 4.69) is 27.4 Å². The van der Waals surface area contributed by atoms with Gasteiger partial charge in [-0.3, -0.25) is 9.59 Å². The summed E-state index contributed by atoms with van der Waals surface area (Å²) in [6, 6.07) is 15.2. The highest BCUT2D eigenvalue weighted by Gasteiger charge is 2.39. The quantitative estimate of drug-likeness (QED) is 0.497. The smallest absolute Gasteiger partial charge is 0.407 e. The van der Waals surface area contributed by atoms with E-state index >= 15 is 0 Å². The van der Waals surface area contributed by atoms with Crippen molar-refractivity contribution in [2.45, 2.75) is 18.4 Å². The zero-order valence-electron chi connectivity index (χ0n) is 18.3. The Hall–Kier alpha value is -4.14. The van der Waals surface area contributed by atoms with Crippen LogP contribution in [0, 0.1) is 5.92 Å². The van der Waals surface area contributed by atoms with Crippen LogP contribution in [0.1, 0.15) is 22.7 Å². The third-order valence-electron chi connectivity index (χ3n) is 6.46. The molecule has 5 rings (SSSR count). The van der Waals surface area contributed by atoms with Gasteiger partial charge in [-0.1, -0.05) is 48.5 Å². The molecule has 1 aliphatic heterocycles. The number of carboxylic acid groups (broad SMARTS) is 1. The molecule has 1 atom stereocenters. The predicted octanol–water partition coefficient (Wildman–Crippen LogP) is 2.40. The van der Waals surface area contributed by atoms with Gasteiger partial charge in [-0.15, -0.1) is 0 Å². The van der Waals surface area contributed by atoms with E-state index in [0.717, 1.165) is 22.3 Å². The fourth-order valence-corrected chi connectivity index (χ4v) is 4.63. The number of hydrogen-bond acceptors (Lipinski definition) is 5. The number of benzene rings is 2. The predicted molar refractivity (Wildman–Crippen MR) is 122 cm³/mol. The highest BCUT2D eigenvalue weighted by Crippen LogP contribution is 2.44. The van der Waals surface area contributed by atoms with E-state index in [9.17, 15) is 14.4 Å². The Bertz CT molecular complexity index is 1170. The summed E-state index contributed by atoms with van der Waals surface area (Å²) in [6.07, 6.45) is 2.57. The molecule has 2 aromatic carbocycles. The summed E-state index contributed by atoms with van der Waals surface area (Å²) in [4.78, 5) is 45.1. The van der Waals surface area contributed by atoms with Gasteiger partial charge in [0.25, 0.3) is 0 Å². The fraction of sp³-hybridized carbons (Fsp3) is 0.280. The molecule has 174 valence electrons. The Morgan fingerprint density at radius 1 is 1.09 bits per heavy atom. The molecule has 9 nitrogen and oxygen atoms in total. The molecule has 1 saturated heterocycles. The first-order valence-corrected chi connectivity index (χ1v) is 11.1. The first kappa shape index (κ1) is 21.7. The van der Waals surface area contributed by atoms with E-state index in [-0.39, 0.29) is 37.9 Å². The van der Waals surface area contributed by atoms with Crippen LogP contribution < -0.4 is 5.32 Å². The lowest BCUT2D eigenvalue weighted by atomic mass is 9.98. The number of imidazole rings is 1. The van der Waals surface area contributed by atoms with Gasteiger partial charge in [0.15, 0.2) is 0 Å². The van der Waals surface area contributed by atoms with Crippen LogP contribution in [0.4, 0.5) is 4.79 Å². The molecule has 2 aliphatic rings. The van der Waals surface area contributed by atoms with E-state index in [1.807, 2.05) is 36.4 Å². The number of aromatic nitrogens is 2. The Labute approximate surface area is 195 Å². The van der Waals surface area contributed by atoms with Crippen LogP contribution in [0.5, 0.6) is 0 Å². The van der Waals surface area contributed by atoms with Gasteiger partial charge in [-0.2, -0.15) is 0 Å². The number of H-pyrrole nitrogens is 1. The van der Waals surface area contributed by atoms with E-state index in [0.29, 0.717) is 5.69 Å². The maximum Gasteiger partial charge on any atom is 0.407 e. The summed E-state index contributed by atoms with van der Waals surface area (Å²) in [5, 5.41) is 11.8. The zero-order chi connectivity index (χ0) is 23.7. The second-order valence-corrected chi connectivity index (χ2v) is 8.58. The average molecular weight is 460 g/mol. The first-order valence-electron chi connectivity index (χ1n) is 11.1. The maximum absolute atomic E-state index is 13.0. The monoisotopic (exact) mass is 460 g/mol. The van der Waals surface area contributed by atoms with Crippen molar-refractivity contribution in [2.75, 3.05) is 19.7 Å². The second-order valence-electron chi connectivity index (χ2n) is 8.58. The molecule has 0 bridgehead atoms. The third-order valence-corrected chi connectivity index (χ3v) is 6.46. The Balaban J connectivity index is 1.26. The highest BCUT2D eigenvalue weighted by molar-refractivity contribution is 5.88. The van der Waals surface area contributed by atoms with Gasteiger partial charge in [0.05, 0.1) is 12.2 Å². The van der Waals surface area contributed by atoms with Crippen molar-refractivity contribution in [1.82, 2.24) is 20.2 Å². The van der Waals surface area contributed by atoms with Gasteiger partial charge < -0.3 is 25.0 Å². The lowest BCUT2D eigenvalue weighted by molar-refractivity contribution is -0.153. The van der Waals surface area contributed by atoms with E-state index < -0.39 is 24.0 Å². The number of fused-ring (bicyclic) bond motifs is 3. The van der Waals surface area contributed by atoms with Crippen LogP contribution in [0.15, 0.2) is 61.1 Å². The largest absolute Gasteiger partial charge is 0.481 e. The zero-order valence-corrected chi connectivity index (χ0v) is 18.3. The van der Waals surface area contributed by atoms with Gasteiger partial charge in [-0.05, 0) is 22.3 Å². The molecule has 2 heterocycles. The Morgan fingerprint density at radius 3 is 2.32 bits per heavy atom. The first-order chi connectivity index (χ1) is 16.5. The number of aromatic amines is 1. The number of carbonyl (C=O) groups is 3. The molecular weight excluding hydrogens is 436 g/mol. The normalized spacial score (nSPS) is 15.7. The van der Waals surface area contributed by atoms with E-state index in [4.69, 9.17) is 9.84 Å². The van der Waals surface area contributed by atoms with Crippen molar-refractivity contribution in [3.8, 4) is 11.1 Å². The van der Waals surface area contributed by atoms with Gasteiger partial charge in [0, 0.05) is 37.3 Å². The molecule has 1 aliphatic carbocycles. The lowest BCUT2D eigenvalue weighted by Crippen LogP contribution is -2.59. The van der Waals surface area contributed by atoms with Crippen LogP contribution in [-0.2, 0) is 20.7 Å². The molecule has 1 aromatic heterocycles. The second kappa shape index (κ2) is 9.01. The molecule has 1 unspecified atom stereocenters. The number of aliphatic carboxylic acids is 1. The van der Waals surface area contributed by atoms with Crippen molar-refractivity contribution in [1.29, 1.82) is 0 Å². The summed E-state index contributed by atoms with van der Waals surface area (Å²) < 4.78 is 5.59. The number of alkyl carbamates (subject to hydrolysis) is 1. The Kier molecular flexibility index (Phi) is 5.75. The Morgan fingerprint density at radius 2 is 1.74 bits per heavy atom. The number of rotatable bonds is 7. The van der Waals surface area contributed by atoms with Crippen molar-refractivity contribution < 1.29 is 24.2 Å². The average Bonchev–Trinajstić information content (AvgIpc) is 3.42. The van der Waals surface area contributed by atoms with Gasteiger partial charge in [0.1, 0.15) is 12.6 Å². The standard InChI is InChI=1S/C25H24N4O5/c30-23(29-11-15(12-29)24(31)32)22(9-16-10-26-14-27-16)28-25(33)34-13-21-19-7-3-1-5-17(19)18-6-2-4-8-20(18)21/h1-8,10,14-15,21-22H,9,11-13H2,(H,26,27)(H,28,33)(H,31,32). The molecular formula is C25H24N4O5. The molecule has 3 aromatic rings. The number of likely N-dealkylation sites (tertiary alicyclic amines) is 1. The van der Waals surface area contributed by atoms with Crippen molar-refractivity contribution in [3.63, 3.8) is 0 Å². The molecule has 2 amide bonds. The van der Waals surface area contributed by atoms with Crippen molar-refractivity contribution in [2.24, 2.45) is 5.92 Å². The number of hydrogen-bond donors (Lipinski definition) is 3. The SMILES string of the molecule is O=C(NC(Cc1cnc[nH]1)C(=O)N1CC(C(=O)O)C1)OCC1c2ccccc2-c2ccccc21. The number of carbonyl (C=O) groups excluding carboxylic acids is 2. The van der Waals surface area contributed by atoms with Crippen LogP contribution >= 0.6 is 0 Å². The molecule has 0 saturated carbocycles. The van der Waals surface area contributed by atoms with Crippen molar-refractivity contribution >= 4 is 18.0 Å². The topological polar surface area (TPSA) is 125 Å². The fourth-order valence-electron chi connectivity index (χ4n) is 4.63. The summed E-state index contributed by atoms with van der Waals surface area (Å²) in [7, 11) is 0. The third kappa shape index (κ3) is 4.12. The molecule has 34 heavy (non-hydrogen) atoms.